The summed E-state index contributed by atoms with van der Waals surface area (Å²) in [5.41, 5.74) is 3.77. The van der Waals surface area contributed by atoms with E-state index in [0.717, 1.165) is 42.4 Å². The van der Waals surface area contributed by atoms with Crippen LogP contribution < -0.4 is 5.56 Å². The van der Waals surface area contributed by atoms with Crippen LogP contribution in [0.5, 0.6) is 0 Å². The second-order valence-corrected chi connectivity index (χ2v) is 10.6. The maximum absolute atomic E-state index is 13.7. The normalized spacial score (nSPS) is 16.9. The van der Waals surface area contributed by atoms with Crippen molar-refractivity contribution in [3.8, 4) is 11.3 Å². The quantitative estimate of drug-likeness (QED) is 0.640. The summed E-state index contributed by atoms with van der Waals surface area (Å²) in [4.78, 5) is 26.4. The minimum atomic E-state index is -3.78. The average molecular weight is 489 g/mol. The highest BCUT2D eigenvalue weighted by molar-refractivity contribution is 7.89. The van der Waals surface area contributed by atoms with Crippen molar-refractivity contribution in [1.29, 1.82) is 0 Å². The predicted octanol–water partition coefficient (Wildman–Crippen LogP) is 2.35. The summed E-state index contributed by atoms with van der Waals surface area (Å²) in [6.07, 6.45) is 3.59. The van der Waals surface area contributed by atoms with Crippen LogP contribution in [0.25, 0.3) is 11.3 Å². The second kappa shape index (κ2) is 9.87. The Labute approximate surface area is 200 Å². The molecule has 10 heteroatoms. The minimum Gasteiger partial charge on any atom is -0.450 e. The Balaban J connectivity index is 1.70. The molecule has 1 fully saturated rings. The highest BCUT2D eigenvalue weighted by atomic mass is 32.2. The lowest BCUT2D eigenvalue weighted by molar-refractivity contribution is 0.0934. The van der Waals surface area contributed by atoms with E-state index in [1.54, 1.807) is 20.0 Å². The van der Waals surface area contributed by atoms with E-state index in [4.69, 9.17) is 4.74 Å². The van der Waals surface area contributed by atoms with Crippen molar-refractivity contribution in [2.75, 3.05) is 32.8 Å². The lowest BCUT2D eigenvalue weighted by Crippen LogP contribution is -2.50. The third kappa shape index (κ3) is 4.48. The molecule has 2 aromatic rings. The fourth-order valence-electron chi connectivity index (χ4n) is 4.78. The molecule has 2 aliphatic rings. The van der Waals surface area contributed by atoms with Crippen LogP contribution in [0.15, 0.2) is 27.9 Å². The second-order valence-electron chi connectivity index (χ2n) is 8.71. The number of aryl methyl sites for hydroxylation is 2. The van der Waals surface area contributed by atoms with Crippen LogP contribution in [0.1, 0.15) is 43.4 Å². The molecule has 0 spiro atoms. The van der Waals surface area contributed by atoms with Gasteiger partial charge in [0.15, 0.2) is 0 Å². The highest BCUT2D eigenvalue weighted by Gasteiger charge is 2.32. The Morgan fingerprint density at radius 3 is 2.38 bits per heavy atom. The zero-order valence-electron chi connectivity index (χ0n) is 20.0. The molecule has 1 aliphatic carbocycles. The Bertz CT molecular complexity index is 1250. The molecule has 4 rings (SSSR count). The van der Waals surface area contributed by atoms with Crippen molar-refractivity contribution < 1.29 is 17.9 Å². The van der Waals surface area contributed by atoms with Gasteiger partial charge in [0.05, 0.1) is 17.2 Å². The number of piperazine rings is 1. The lowest BCUT2D eigenvalue weighted by Gasteiger charge is -2.33. The Kier molecular flexibility index (Phi) is 7.09. The molecule has 0 bridgehead atoms. The highest BCUT2D eigenvalue weighted by Crippen LogP contribution is 2.32. The summed E-state index contributed by atoms with van der Waals surface area (Å²) in [6, 6.07) is 5.45. The molecule has 1 amide bonds. The van der Waals surface area contributed by atoms with Crippen molar-refractivity contribution >= 4 is 16.1 Å². The maximum atomic E-state index is 13.7. The van der Waals surface area contributed by atoms with Crippen LogP contribution in [0.2, 0.25) is 0 Å². The molecule has 0 N–H and O–H groups in total. The average Bonchev–Trinajstić information content (AvgIpc) is 2.86. The Morgan fingerprint density at radius 1 is 1.06 bits per heavy atom. The van der Waals surface area contributed by atoms with Crippen molar-refractivity contribution in [2.45, 2.75) is 50.8 Å². The van der Waals surface area contributed by atoms with E-state index in [2.05, 4.69) is 5.10 Å². The van der Waals surface area contributed by atoms with Gasteiger partial charge in [0.2, 0.25) is 10.0 Å². The fourth-order valence-corrected chi connectivity index (χ4v) is 6.53. The van der Waals surface area contributed by atoms with Gasteiger partial charge in [-0.15, -0.1) is 0 Å². The van der Waals surface area contributed by atoms with Gasteiger partial charge in [0.25, 0.3) is 5.56 Å². The van der Waals surface area contributed by atoms with E-state index in [0.29, 0.717) is 17.7 Å². The van der Waals surface area contributed by atoms with Crippen molar-refractivity contribution in [2.24, 2.45) is 7.05 Å². The first-order chi connectivity index (χ1) is 16.3. The molecule has 1 aliphatic heterocycles. The molecule has 0 radical (unpaired) electrons. The third-order valence-corrected chi connectivity index (χ3v) is 8.64. The van der Waals surface area contributed by atoms with Crippen molar-refractivity contribution in [3.05, 3.63) is 45.2 Å². The number of rotatable bonds is 5. The molecular formula is C24H32N4O5S. The first kappa shape index (κ1) is 24.4. The van der Waals surface area contributed by atoms with Crippen molar-refractivity contribution in [1.82, 2.24) is 19.0 Å². The number of hydrogen-bond acceptors (Lipinski definition) is 6. The number of hydrogen-bond donors (Lipinski definition) is 0. The predicted molar refractivity (Wildman–Crippen MR) is 128 cm³/mol. The maximum Gasteiger partial charge on any atom is 0.409 e. The summed E-state index contributed by atoms with van der Waals surface area (Å²) in [5.74, 6) is 0. The number of carbonyl (C=O) groups excluding carboxylic acids is 1. The van der Waals surface area contributed by atoms with Gasteiger partial charge in [-0.3, -0.25) is 4.79 Å². The summed E-state index contributed by atoms with van der Waals surface area (Å²) < 4.78 is 35.2. The van der Waals surface area contributed by atoms with Crippen LogP contribution in [0, 0.1) is 0 Å². The van der Waals surface area contributed by atoms with Gasteiger partial charge in [0, 0.05) is 44.4 Å². The van der Waals surface area contributed by atoms with Gasteiger partial charge < -0.3 is 9.64 Å². The smallest absolute Gasteiger partial charge is 0.409 e. The number of nitrogens with zero attached hydrogens (tertiary/aromatic N) is 4. The third-order valence-electron chi connectivity index (χ3n) is 6.66. The van der Waals surface area contributed by atoms with E-state index in [1.165, 1.54) is 13.9 Å². The standard InChI is InChI=1S/C24H32N4O5S/c1-4-17-10-11-18(22-19-8-6-7-9-20(19)23(29)26(3)25-22)16-21(17)34(31,32)28-14-12-27(13-15-28)24(30)33-5-2/h10-11,16H,4-9,12-15H2,1-3H3. The van der Waals surface area contributed by atoms with Crippen LogP contribution in [0.4, 0.5) is 4.79 Å². The molecular weight excluding hydrogens is 456 g/mol. The molecule has 0 atom stereocenters. The molecule has 1 aromatic heterocycles. The molecule has 2 heterocycles. The van der Waals surface area contributed by atoms with E-state index >= 15 is 0 Å². The van der Waals surface area contributed by atoms with Gasteiger partial charge >= 0.3 is 6.09 Å². The van der Waals surface area contributed by atoms with E-state index in [9.17, 15) is 18.0 Å². The molecule has 1 saturated heterocycles. The van der Waals surface area contributed by atoms with E-state index in [-0.39, 0.29) is 43.2 Å². The molecule has 184 valence electrons. The van der Waals surface area contributed by atoms with Crippen LogP contribution in [0.3, 0.4) is 0 Å². The SMILES string of the molecule is CCOC(=O)N1CCN(S(=O)(=O)c2cc(-c3nn(C)c(=O)c4c3CCCC4)ccc2CC)CC1. The molecule has 9 nitrogen and oxygen atoms in total. The zero-order chi connectivity index (χ0) is 24.5. The van der Waals surface area contributed by atoms with Crippen molar-refractivity contribution in [3.63, 3.8) is 0 Å². The summed E-state index contributed by atoms with van der Waals surface area (Å²) in [6.45, 7) is 4.95. The lowest BCUT2D eigenvalue weighted by atomic mass is 9.89. The number of fused-ring (bicyclic) bond motifs is 1. The summed E-state index contributed by atoms with van der Waals surface area (Å²) >= 11 is 0. The molecule has 0 unspecified atom stereocenters. The number of aromatic nitrogens is 2. The first-order valence-electron chi connectivity index (χ1n) is 11.9. The summed E-state index contributed by atoms with van der Waals surface area (Å²) in [7, 11) is -2.14. The van der Waals surface area contributed by atoms with Gasteiger partial charge in [-0.05, 0) is 56.2 Å². The van der Waals surface area contributed by atoms with Gasteiger partial charge in [0.1, 0.15) is 0 Å². The number of carbonyl (C=O) groups is 1. The summed E-state index contributed by atoms with van der Waals surface area (Å²) in [5, 5.41) is 4.53. The Morgan fingerprint density at radius 2 is 1.74 bits per heavy atom. The number of amides is 1. The fraction of sp³-hybridized carbons (Fsp3) is 0.542. The Hall–Kier alpha value is -2.72. The van der Waals surface area contributed by atoms with E-state index in [1.807, 2.05) is 19.1 Å². The molecule has 1 aromatic carbocycles. The van der Waals surface area contributed by atoms with Crippen LogP contribution in [-0.4, -0.2) is 66.3 Å². The van der Waals surface area contributed by atoms with Gasteiger partial charge in [-0.1, -0.05) is 19.1 Å². The van der Waals surface area contributed by atoms with Crippen LogP contribution >= 0.6 is 0 Å². The van der Waals surface area contributed by atoms with E-state index < -0.39 is 16.1 Å². The number of benzene rings is 1. The number of sulfonamides is 1. The zero-order valence-corrected chi connectivity index (χ0v) is 20.9. The van der Waals surface area contributed by atoms with Gasteiger partial charge in [-0.2, -0.15) is 9.40 Å². The molecule has 34 heavy (non-hydrogen) atoms. The monoisotopic (exact) mass is 488 g/mol. The van der Waals surface area contributed by atoms with Crippen LogP contribution in [-0.2, 0) is 41.1 Å². The molecule has 0 saturated carbocycles. The first-order valence-corrected chi connectivity index (χ1v) is 13.4. The minimum absolute atomic E-state index is 0.0732. The number of ether oxygens (including phenoxy) is 1. The largest absolute Gasteiger partial charge is 0.450 e. The van der Waals surface area contributed by atoms with Gasteiger partial charge in [-0.25, -0.2) is 17.9 Å². The topological polar surface area (TPSA) is 102 Å².